The number of hydrogen-bond acceptors (Lipinski definition) is 2. The molecule has 0 saturated heterocycles. The summed E-state index contributed by atoms with van der Waals surface area (Å²) in [5, 5.41) is 0. The monoisotopic (exact) mass is 192 g/mol. The minimum atomic E-state index is 0.384. The Morgan fingerprint density at radius 2 is 1.79 bits per heavy atom. The highest BCUT2D eigenvalue weighted by Crippen LogP contribution is 2.21. The van der Waals surface area contributed by atoms with Crippen LogP contribution in [0.1, 0.15) is 25.7 Å². The molecule has 1 aromatic rings. The van der Waals surface area contributed by atoms with Gasteiger partial charge in [-0.25, -0.2) is 0 Å². The van der Waals surface area contributed by atoms with Gasteiger partial charge in [-0.15, -0.1) is 0 Å². The van der Waals surface area contributed by atoms with E-state index in [0.29, 0.717) is 12.9 Å². The van der Waals surface area contributed by atoms with Crippen LogP contribution in [0.15, 0.2) is 30.3 Å². The van der Waals surface area contributed by atoms with Crippen LogP contribution < -0.4 is 4.74 Å². The third kappa shape index (κ3) is 2.74. The smallest absolute Gasteiger partial charge is 0.189 e. The van der Waals surface area contributed by atoms with Gasteiger partial charge in [0.1, 0.15) is 5.75 Å². The summed E-state index contributed by atoms with van der Waals surface area (Å²) in [6.45, 7) is 0.384. The second kappa shape index (κ2) is 5.01. The number of para-hydroxylation sites is 1. The lowest BCUT2D eigenvalue weighted by Gasteiger charge is -2.11. The van der Waals surface area contributed by atoms with Gasteiger partial charge in [0.15, 0.2) is 6.79 Å². The summed E-state index contributed by atoms with van der Waals surface area (Å²) in [6.07, 6.45) is 5.42. The topological polar surface area (TPSA) is 18.5 Å². The Morgan fingerprint density at radius 3 is 2.50 bits per heavy atom. The zero-order valence-electron chi connectivity index (χ0n) is 8.32. The lowest BCUT2D eigenvalue weighted by Crippen LogP contribution is -2.12. The third-order valence-corrected chi connectivity index (χ3v) is 2.57. The summed E-state index contributed by atoms with van der Waals surface area (Å²) < 4.78 is 11.0. The molecule has 0 heterocycles. The van der Waals surface area contributed by atoms with Gasteiger partial charge in [0.25, 0.3) is 0 Å². The second-order valence-electron chi connectivity index (χ2n) is 3.65. The van der Waals surface area contributed by atoms with Gasteiger partial charge in [0.05, 0.1) is 6.10 Å². The van der Waals surface area contributed by atoms with Gasteiger partial charge in [-0.2, -0.15) is 0 Å². The first-order valence-electron chi connectivity index (χ1n) is 5.24. The highest BCUT2D eigenvalue weighted by Gasteiger charge is 2.14. The first-order valence-corrected chi connectivity index (χ1v) is 5.24. The minimum Gasteiger partial charge on any atom is -0.468 e. The first kappa shape index (κ1) is 9.53. The van der Waals surface area contributed by atoms with Crippen LogP contribution in [0.5, 0.6) is 5.75 Å². The van der Waals surface area contributed by atoms with Crippen LogP contribution in [0.25, 0.3) is 0 Å². The van der Waals surface area contributed by atoms with E-state index < -0.39 is 0 Å². The van der Waals surface area contributed by atoms with Gasteiger partial charge in [-0.05, 0) is 25.0 Å². The van der Waals surface area contributed by atoms with Crippen molar-refractivity contribution in [1.82, 2.24) is 0 Å². The molecular formula is C12H16O2. The molecule has 2 nitrogen and oxygen atoms in total. The SMILES string of the molecule is c1ccc(OCOC2CCCC2)cc1. The van der Waals surface area contributed by atoms with Gasteiger partial charge in [0, 0.05) is 0 Å². The van der Waals surface area contributed by atoms with Crippen molar-refractivity contribution in [3.8, 4) is 5.75 Å². The predicted octanol–water partition coefficient (Wildman–Crippen LogP) is 2.98. The fraction of sp³-hybridized carbons (Fsp3) is 0.500. The average molecular weight is 192 g/mol. The van der Waals surface area contributed by atoms with Crippen molar-refractivity contribution in [3.63, 3.8) is 0 Å². The molecule has 0 unspecified atom stereocenters. The molecule has 0 amide bonds. The van der Waals surface area contributed by atoms with Crippen LogP contribution in [-0.4, -0.2) is 12.9 Å². The molecule has 0 bridgehead atoms. The largest absolute Gasteiger partial charge is 0.468 e. The fourth-order valence-corrected chi connectivity index (χ4v) is 1.77. The second-order valence-corrected chi connectivity index (χ2v) is 3.65. The summed E-state index contributed by atoms with van der Waals surface area (Å²) in [6, 6.07) is 9.79. The zero-order valence-corrected chi connectivity index (χ0v) is 8.32. The van der Waals surface area contributed by atoms with Crippen LogP contribution in [0.4, 0.5) is 0 Å². The molecule has 0 aliphatic heterocycles. The van der Waals surface area contributed by atoms with Crippen molar-refractivity contribution < 1.29 is 9.47 Å². The Kier molecular flexibility index (Phi) is 3.41. The maximum Gasteiger partial charge on any atom is 0.189 e. The Labute approximate surface area is 84.8 Å². The van der Waals surface area contributed by atoms with Gasteiger partial charge < -0.3 is 9.47 Å². The quantitative estimate of drug-likeness (QED) is 0.683. The highest BCUT2D eigenvalue weighted by molar-refractivity contribution is 5.20. The van der Waals surface area contributed by atoms with E-state index in [1.807, 2.05) is 30.3 Å². The van der Waals surface area contributed by atoms with E-state index in [9.17, 15) is 0 Å². The lowest BCUT2D eigenvalue weighted by molar-refractivity contribution is -0.0324. The Balaban J connectivity index is 1.67. The Bertz CT molecular complexity index is 252. The summed E-state index contributed by atoms with van der Waals surface area (Å²) >= 11 is 0. The molecule has 1 fully saturated rings. The highest BCUT2D eigenvalue weighted by atomic mass is 16.7. The van der Waals surface area contributed by atoms with Crippen molar-refractivity contribution in [2.45, 2.75) is 31.8 Å². The van der Waals surface area contributed by atoms with Gasteiger partial charge in [-0.3, -0.25) is 0 Å². The molecule has 1 aliphatic carbocycles. The molecule has 0 N–H and O–H groups in total. The number of rotatable bonds is 4. The first-order chi connectivity index (χ1) is 6.95. The van der Waals surface area contributed by atoms with Crippen LogP contribution >= 0.6 is 0 Å². The van der Waals surface area contributed by atoms with E-state index in [1.165, 1.54) is 25.7 Å². The van der Waals surface area contributed by atoms with E-state index in [0.717, 1.165) is 5.75 Å². The number of ether oxygens (including phenoxy) is 2. The van der Waals surface area contributed by atoms with Crippen LogP contribution in [0.3, 0.4) is 0 Å². The van der Waals surface area contributed by atoms with Crippen molar-refractivity contribution >= 4 is 0 Å². The molecule has 1 aliphatic rings. The fourth-order valence-electron chi connectivity index (χ4n) is 1.77. The van der Waals surface area contributed by atoms with Crippen molar-refractivity contribution in [2.75, 3.05) is 6.79 Å². The van der Waals surface area contributed by atoms with Gasteiger partial charge >= 0.3 is 0 Å². The summed E-state index contributed by atoms with van der Waals surface area (Å²) in [5.41, 5.74) is 0. The number of hydrogen-bond donors (Lipinski definition) is 0. The number of benzene rings is 1. The molecule has 0 atom stereocenters. The molecule has 1 saturated carbocycles. The summed E-state index contributed by atoms with van der Waals surface area (Å²) in [7, 11) is 0. The predicted molar refractivity (Wildman–Crippen MR) is 55.3 cm³/mol. The molecule has 2 heteroatoms. The van der Waals surface area contributed by atoms with Gasteiger partial charge in [0.2, 0.25) is 0 Å². The Hall–Kier alpha value is -1.02. The van der Waals surface area contributed by atoms with Crippen LogP contribution in [0.2, 0.25) is 0 Å². The average Bonchev–Trinajstić information content (AvgIpc) is 2.72. The van der Waals surface area contributed by atoms with E-state index in [2.05, 4.69) is 0 Å². The Morgan fingerprint density at radius 1 is 1.07 bits per heavy atom. The zero-order chi connectivity index (χ0) is 9.64. The van der Waals surface area contributed by atoms with E-state index >= 15 is 0 Å². The maximum absolute atomic E-state index is 5.58. The normalized spacial score (nSPS) is 17.1. The molecule has 2 rings (SSSR count). The van der Waals surface area contributed by atoms with Crippen LogP contribution in [-0.2, 0) is 4.74 Å². The molecule has 0 aromatic heterocycles. The molecule has 0 radical (unpaired) electrons. The maximum atomic E-state index is 5.58. The van der Waals surface area contributed by atoms with Crippen LogP contribution in [0, 0.1) is 0 Å². The lowest BCUT2D eigenvalue weighted by atomic mass is 10.3. The van der Waals surface area contributed by atoms with Crippen molar-refractivity contribution in [3.05, 3.63) is 30.3 Å². The standard InChI is InChI=1S/C12H16O2/c1-2-6-11(7-3-1)13-10-14-12-8-4-5-9-12/h1-3,6-7,12H,4-5,8-10H2. The molecule has 1 aromatic carbocycles. The molecule has 0 spiro atoms. The van der Waals surface area contributed by atoms with E-state index in [4.69, 9.17) is 9.47 Å². The van der Waals surface area contributed by atoms with E-state index in [1.54, 1.807) is 0 Å². The molecule has 14 heavy (non-hydrogen) atoms. The van der Waals surface area contributed by atoms with E-state index in [-0.39, 0.29) is 0 Å². The summed E-state index contributed by atoms with van der Waals surface area (Å²) in [4.78, 5) is 0. The molecule has 76 valence electrons. The minimum absolute atomic E-state index is 0.384. The van der Waals surface area contributed by atoms with Crippen molar-refractivity contribution in [1.29, 1.82) is 0 Å². The van der Waals surface area contributed by atoms with Crippen molar-refractivity contribution in [2.24, 2.45) is 0 Å². The third-order valence-electron chi connectivity index (χ3n) is 2.57. The molecular weight excluding hydrogens is 176 g/mol. The summed E-state index contributed by atoms with van der Waals surface area (Å²) in [5.74, 6) is 0.880. The van der Waals surface area contributed by atoms with Gasteiger partial charge in [-0.1, -0.05) is 31.0 Å².